The van der Waals surface area contributed by atoms with E-state index in [4.69, 9.17) is 28.3 Å². The van der Waals surface area contributed by atoms with Gasteiger partial charge >= 0.3 is 5.97 Å². The van der Waals surface area contributed by atoms with E-state index in [2.05, 4.69) is 11.9 Å². The van der Waals surface area contributed by atoms with Gasteiger partial charge in [-0.3, -0.25) is 4.79 Å². The van der Waals surface area contributed by atoms with E-state index in [0.717, 1.165) is 0 Å². The van der Waals surface area contributed by atoms with Crippen molar-refractivity contribution in [3.05, 3.63) is 46.5 Å². The first-order valence-corrected chi connectivity index (χ1v) is 7.21. The molecule has 0 spiro atoms. The molecule has 0 bridgehead atoms. The van der Waals surface area contributed by atoms with Crippen LogP contribution in [-0.2, 0) is 9.59 Å². The minimum atomic E-state index is -1.06. The molecule has 2 unspecified atom stereocenters. The topological polar surface area (TPSA) is 66.4 Å². The molecule has 0 heterocycles. The first kappa shape index (κ1) is 17.5. The van der Waals surface area contributed by atoms with Crippen LogP contribution in [-0.4, -0.2) is 23.0 Å². The third-order valence-corrected chi connectivity index (χ3v) is 3.85. The van der Waals surface area contributed by atoms with Crippen LogP contribution < -0.4 is 5.32 Å². The van der Waals surface area contributed by atoms with Crippen LogP contribution in [0.3, 0.4) is 0 Å². The minimum absolute atomic E-state index is 0.304. The Labute approximate surface area is 133 Å². The third kappa shape index (κ3) is 5.06. The van der Waals surface area contributed by atoms with Gasteiger partial charge in [0.1, 0.15) is 6.04 Å². The molecule has 1 aromatic rings. The summed E-state index contributed by atoms with van der Waals surface area (Å²) in [6.45, 7) is 5.22. The van der Waals surface area contributed by atoms with Crippen LogP contribution in [0.5, 0.6) is 0 Å². The fraction of sp³-hybridized carbons (Fsp3) is 0.333. The number of hydrogen-bond donors (Lipinski definition) is 2. The molecule has 0 aromatic heterocycles. The second-order valence-electron chi connectivity index (χ2n) is 4.66. The fourth-order valence-electron chi connectivity index (χ4n) is 1.77. The highest BCUT2D eigenvalue weighted by atomic mass is 35.5. The molecule has 6 heteroatoms. The lowest BCUT2D eigenvalue weighted by Gasteiger charge is -2.18. The molecule has 2 atom stereocenters. The average Bonchev–Trinajstić information content (AvgIpc) is 2.45. The number of aliphatic carboxylic acids is 1. The number of halogens is 2. The lowest BCUT2D eigenvalue weighted by atomic mass is 9.99. The zero-order valence-electron chi connectivity index (χ0n) is 11.6. The summed E-state index contributed by atoms with van der Waals surface area (Å²) in [5.41, 5.74) is 0.676. The van der Waals surface area contributed by atoms with Gasteiger partial charge in [0, 0.05) is 0 Å². The summed E-state index contributed by atoms with van der Waals surface area (Å²) >= 11 is 11.7. The summed E-state index contributed by atoms with van der Waals surface area (Å²) in [7, 11) is 0. The van der Waals surface area contributed by atoms with Gasteiger partial charge in [-0.25, -0.2) is 4.79 Å². The van der Waals surface area contributed by atoms with Gasteiger partial charge in [0.25, 0.3) is 0 Å². The summed E-state index contributed by atoms with van der Waals surface area (Å²) in [6.07, 6.45) is 2.43. The number of carboxylic acids is 1. The van der Waals surface area contributed by atoms with Gasteiger partial charge < -0.3 is 10.4 Å². The van der Waals surface area contributed by atoms with Crippen molar-refractivity contribution in [3.8, 4) is 0 Å². The molecule has 0 aliphatic heterocycles. The maximum Gasteiger partial charge on any atom is 0.326 e. The van der Waals surface area contributed by atoms with Crippen molar-refractivity contribution < 1.29 is 14.7 Å². The van der Waals surface area contributed by atoms with E-state index in [0.29, 0.717) is 28.5 Å². The first-order chi connectivity index (χ1) is 9.86. The summed E-state index contributed by atoms with van der Waals surface area (Å²) in [5.74, 6) is -1.96. The predicted molar refractivity (Wildman–Crippen MR) is 83.9 cm³/mol. The molecule has 0 saturated heterocycles. The molecule has 0 aliphatic rings. The van der Waals surface area contributed by atoms with Gasteiger partial charge in [0.2, 0.25) is 5.91 Å². The molecular formula is C15H17Cl2NO3. The summed E-state index contributed by atoms with van der Waals surface area (Å²) in [4.78, 5) is 23.3. The zero-order valence-corrected chi connectivity index (χ0v) is 13.1. The van der Waals surface area contributed by atoms with Crippen LogP contribution in [0.15, 0.2) is 30.9 Å². The van der Waals surface area contributed by atoms with Gasteiger partial charge in [-0.15, -0.1) is 6.58 Å². The molecule has 1 aromatic carbocycles. The Kier molecular flexibility index (Phi) is 6.72. The van der Waals surface area contributed by atoms with Crippen molar-refractivity contribution in [2.45, 2.75) is 31.7 Å². The fourth-order valence-corrected chi connectivity index (χ4v) is 2.08. The van der Waals surface area contributed by atoms with Crippen LogP contribution in [0, 0.1) is 0 Å². The number of carbonyl (C=O) groups is 2. The Morgan fingerprint density at radius 1 is 1.38 bits per heavy atom. The molecule has 1 amide bonds. The molecule has 2 N–H and O–H groups in total. The van der Waals surface area contributed by atoms with Gasteiger partial charge in [-0.05, 0) is 37.5 Å². The van der Waals surface area contributed by atoms with E-state index in [-0.39, 0.29) is 5.91 Å². The zero-order chi connectivity index (χ0) is 16.0. The number of benzene rings is 1. The summed E-state index contributed by atoms with van der Waals surface area (Å²) in [6, 6.07) is 3.97. The molecule has 4 nitrogen and oxygen atoms in total. The number of amides is 1. The lowest BCUT2D eigenvalue weighted by molar-refractivity contribution is -0.142. The van der Waals surface area contributed by atoms with Crippen LogP contribution >= 0.6 is 23.2 Å². The van der Waals surface area contributed by atoms with Crippen molar-refractivity contribution in [3.63, 3.8) is 0 Å². The van der Waals surface area contributed by atoms with Crippen molar-refractivity contribution in [2.75, 3.05) is 0 Å². The first-order valence-electron chi connectivity index (χ1n) is 6.45. The molecule has 1 rings (SSSR count). The molecule has 0 fully saturated rings. The largest absolute Gasteiger partial charge is 0.480 e. The molecule has 114 valence electrons. The van der Waals surface area contributed by atoms with Crippen LogP contribution in [0.1, 0.15) is 31.2 Å². The van der Waals surface area contributed by atoms with E-state index in [1.54, 1.807) is 31.2 Å². The number of carbonyl (C=O) groups excluding carboxylic acids is 1. The van der Waals surface area contributed by atoms with Crippen molar-refractivity contribution >= 4 is 35.1 Å². The smallest absolute Gasteiger partial charge is 0.326 e. The minimum Gasteiger partial charge on any atom is -0.480 e. The Morgan fingerprint density at radius 2 is 2.05 bits per heavy atom. The van der Waals surface area contributed by atoms with Gasteiger partial charge in [-0.1, -0.05) is 35.3 Å². The maximum atomic E-state index is 12.1. The second kappa shape index (κ2) is 8.05. The molecule has 21 heavy (non-hydrogen) atoms. The highest BCUT2D eigenvalue weighted by Gasteiger charge is 2.23. The highest BCUT2D eigenvalue weighted by molar-refractivity contribution is 6.42. The standard InChI is InChI=1S/C15H17Cl2NO3/c1-3-4-5-13(15(20)21)18-14(19)9(2)10-6-7-11(16)12(17)8-10/h3,6-9,13H,1,4-5H2,2H3,(H,18,19)(H,20,21). The number of allylic oxidation sites excluding steroid dienone is 1. The van der Waals surface area contributed by atoms with Crippen molar-refractivity contribution in [1.29, 1.82) is 0 Å². The Hall–Kier alpha value is -1.52. The molecule has 0 aliphatic carbocycles. The third-order valence-electron chi connectivity index (χ3n) is 3.11. The summed E-state index contributed by atoms with van der Waals surface area (Å²) < 4.78 is 0. The van der Waals surface area contributed by atoms with E-state index in [1.165, 1.54) is 0 Å². The van der Waals surface area contributed by atoms with Gasteiger partial charge in [0.15, 0.2) is 0 Å². The number of hydrogen-bond acceptors (Lipinski definition) is 2. The SMILES string of the molecule is C=CCCC(NC(=O)C(C)c1ccc(Cl)c(Cl)c1)C(=O)O. The molecule has 0 saturated carbocycles. The Balaban J connectivity index is 2.78. The van der Waals surface area contributed by atoms with Crippen molar-refractivity contribution in [2.24, 2.45) is 0 Å². The monoisotopic (exact) mass is 329 g/mol. The Bertz CT molecular complexity index is 546. The summed E-state index contributed by atoms with van der Waals surface area (Å²) in [5, 5.41) is 12.4. The molecular weight excluding hydrogens is 313 g/mol. The van der Waals surface area contributed by atoms with Gasteiger partial charge in [-0.2, -0.15) is 0 Å². The van der Waals surface area contributed by atoms with E-state index in [1.807, 2.05) is 0 Å². The van der Waals surface area contributed by atoms with Gasteiger partial charge in [0.05, 0.1) is 16.0 Å². The quantitative estimate of drug-likeness (QED) is 0.750. The van der Waals surface area contributed by atoms with Crippen LogP contribution in [0.4, 0.5) is 0 Å². The number of carboxylic acid groups (broad SMARTS) is 1. The predicted octanol–water partition coefficient (Wildman–Crippen LogP) is 3.63. The number of rotatable bonds is 7. The highest BCUT2D eigenvalue weighted by Crippen LogP contribution is 2.26. The van der Waals surface area contributed by atoms with E-state index >= 15 is 0 Å². The molecule has 0 radical (unpaired) electrons. The number of nitrogens with one attached hydrogen (secondary N) is 1. The van der Waals surface area contributed by atoms with E-state index in [9.17, 15) is 9.59 Å². The maximum absolute atomic E-state index is 12.1. The van der Waals surface area contributed by atoms with Crippen molar-refractivity contribution in [1.82, 2.24) is 5.32 Å². The second-order valence-corrected chi connectivity index (χ2v) is 5.48. The average molecular weight is 330 g/mol. The Morgan fingerprint density at radius 3 is 2.57 bits per heavy atom. The lowest BCUT2D eigenvalue weighted by Crippen LogP contribution is -2.42. The normalized spacial score (nSPS) is 13.3. The van der Waals surface area contributed by atoms with Crippen LogP contribution in [0.2, 0.25) is 10.0 Å². The van der Waals surface area contributed by atoms with E-state index < -0.39 is 17.9 Å². The van der Waals surface area contributed by atoms with Crippen LogP contribution in [0.25, 0.3) is 0 Å².